The fourth-order valence-corrected chi connectivity index (χ4v) is 5.57. The third kappa shape index (κ3) is 6.13. The molecule has 0 aliphatic carbocycles. The van der Waals surface area contributed by atoms with E-state index in [4.69, 9.17) is 11.6 Å². The van der Waals surface area contributed by atoms with Gasteiger partial charge in [0.05, 0.1) is 18.1 Å². The van der Waals surface area contributed by atoms with Gasteiger partial charge in [-0.3, -0.25) is 4.57 Å². The van der Waals surface area contributed by atoms with Crippen molar-refractivity contribution in [3.63, 3.8) is 0 Å². The number of sulfone groups is 1. The lowest BCUT2D eigenvalue weighted by molar-refractivity contribution is -0.207. The molecule has 5 rings (SSSR count). The first-order chi connectivity index (χ1) is 19.3. The average molecular weight is 616 g/mol. The third-order valence-electron chi connectivity index (χ3n) is 6.39. The van der Waals surface area contributed by atoms with E-state index in [0.29, 0.717) is 9.59 Å². The van der Waals surface area contributed by atoms with Crippen LogP contribution in [0.15, 0.2) is 53.3 Å². The monoisotopic (exact) mass is 615 g/mol. The Morgan fingerprint density at radius 3 is 2.32 bits per heavy atom. The van der Waals surface area contributed by atoms with Gasteiger partial charge in [0.15, 0.2) is 27.6 Å². The zero-order valence-corrected chi connectivity index (χ0v) is 22.6. The summed E-state index contributed by atoms with van der Waals surface area (Å²) in [7, 11) is -3.25. The molecule has 1 saturated heterocycles. The van der Waals surface area contributed by atoms with Crippen LogP contribution in [0, 0.1) is 5.82 Å². The van der Waals surface area contributed by atoms with E-state index in [0.717, 1.165) is 4.68 Å². The van der Waals surface area contributed by atoms with Crippen LogP contribution in [0.5, 0.6) is 0 Å². The lowest BCUT2D eigenvalue weighted by Gasteiger charge is -2.27. The largest absolute Gasteiger partial charge is 0.416 e. The van der Waals surface area contributed by atoms with Gasteiger partial charge >= 0.3 is 11.9 Å². The molecule has 0 radical (unpaired) electrons. The summed E-state index contributed by atoms with van der Waals surface area (Å²) < 4.78 is 80.8. The summed E-state index contributed by atoms with van der Waals surface area (Å²) in [4.78, 5) is 19.3. The fraction of sp³-hybridized carbons (Fsp3) is 0.333. The number of benzene rings is 2. The van der Waals surface area contributed by atoms with Gasteiger partial charge in [0.2, 0.25) is 5.95 Å². The number of hydrogen-bond donors (Lipinski definition) is 1. The van der Waals surface area contributed by atoms with Crippen molar-refractivity contribution in [1.82, 2.24) is 29.1 Å². The quantitative estimate of drug-likeness (QED) is 0.314. The number of anilines is 1. The summed E-state index contributed by atoms with van der Waals surface area (Å²) in [5, 5.41) is 18.6. The maximum Gasteiger partial charge on any atom is 0.416 e. The lowest BCUT2D eigenvalue weighted by atomic mass is 10.2. The van der Waals surface area contributed by atoms with E-state index in [1.807, 2.05) is 0 Å². The maximum atomic E-state index is 14.7. The Morgan fingerprint density at radius 1 is 1.02 bits per heavy atom. The van der Waals surface area contributed by atoms with Crippen LogP contribution < -0.4 is 10.6 Å². The summed E-state index contributed by atoms with van der Waals surface area (Å²) in [6.45, 7) is -1.40. The maximum absolute atomic E-state index is 14.7. The molecular formula is C24H22ClF4N7O4S. The van der Waals surface area contributed by atoms with Crippen molar-refractivity contribution in [3.8, 4) is 17.1 Å². The van der Waals surface area contributed by atoms with E-state index in [1.54, 1.807) is 11.0 Å². The molecule has 218 valence electrons. The standard InChI is InChI=1S/C24H22ClF4N7O4S/c25-16-7-5-15(6-8-16)21-32-35(23(38)34(21)13-19(37)24(27,28)29)14-20-30-22(33-9-11-41(39,40)12-10-33)36(31-20)18-4-2-1-3-17(18)26/h1-8,19,37H,9-14H2. The molecule has 0 bridgehead atoms. The average Bonchev–Trinajstić information content (AvgIpc) is 3.46. The second-order valence-electron chi connectivity index (χ2n) is 9.27. The van der Waals surface area contributed by atoms with Crippen LogP contribution in [-0.4, -0.2) is 79.5 Å². The van der Waals surface area contributed by atoms with Gasteiger partial charge in [0, 0.05) is 23.7 Å². The summed E-state index contributed by atoms with van der Waals surface area (Å²) >= 11 is 5.92. The number of aliphatic hydroxyl groups excluding tert-OH is 1. The Kier molecular flexibility index (Phi) is 7.65. The molecule has 1 fully saturated rings. The van der Waals surface area contributed by atoms with E-state index >= 15 is 0 Å². The van der Waals surface area contributed by atoms with Crippen LogP contribution >= 0.6 is 11.6 Å². The first-order valence-corrected chi connectivity index (χ1v) is 14.4. The summed E-state index contributed by atoms with van der Waals surface area (Å²) in [6.07, 6.45) is -7.83. The molecule has 2 aromatic heterocycles. The minimum atomic E-state index is -4.99. The van der Waals surface area contributed by atoms with Crippen molar-refractivity contribution in [2.24, 2.45) is 0 Å². The highest BCUT2D eigenvalue weighted by Crippen LogP contribution is 2.25. The predicted molar refractivity (Wildman–Crippen MR) is 140 cm³/mol. The smallest absolute Gasteiger partial charge is 0.382 e. The Labute approximate surface area is 235 Å². The topological polar surface area (TPSA) is 128 Å². The van der Waals surface area contributed by atoms with Gasteiger partial charge in [0.1, 0.15) is 18.0 Å². The molecule has 3 heterocycles. The minimum Gasteiger partial charge on any atom is -0.382 e. The van der Waals surface area contributed by atoms with Crippen molar-refractivity contribution in [3.05, 3.63) is 75.7 Å². The minimum absolute atomic E-state index is 0.0164. The summed E-state index contributed by atoms with van der Waals surface area (Å²) in [5.74, 6) is -1.02. The van der Waals surface area contributed by atoms with Gasteiger partial charge in [0.25, 0.3) is 0 Å². The Hall–Kier alpha value is -3.76. The normalized spacial score (nSPS) is 16.2. The van der Waals surface area contributed by atoms with Gasteiger partial charge in [-0.05, 0) is 36.4 Å². The zero-order chi connectivity index (χ0) is 29.5. The van der Waals surface area contributed by atoms with E-state index < -0.39 is 46.7 Å². The number of aromatic nitrogens is 6. The Morgan fingerprint density at radius 2 is 1.68 bits per heavy atom. The molecular weight excluding hydrogens is 594 g/mol. The fourth-order valence-electron chi connectivity index (χ4n) is 4.25. The number of aliphatic hydroxyl groups is 1. The highest BCUT2D eigenvalue weighted by molar-refractivity contribution is 7.91. The van der Waals surface area contributed by atoms with Gasteiger partial charge in [-0.15, -0.1) is 10.2 Å². The first-order valence-electron chi connectivity index (χ1n) is 12.2. The number of halogens is 5. The van der Waals surface area contributed by atoms with E-state index in [2.05, 4.69) is 15.2 Å². The molecule has 17 heteroatoms. The molecule has 11 nitrogen and oxygen atoms in total. The SMILES string of the molecule is O=c1n(Cc2nc(N3CCS(=O)(=O)CC3)n(-c3ccccc3F)n2)nc(-c2ccc(Cl)cc2)n1CC(O)C(F)(F)F. The zero-order valence-electron chi connectivity index (χ0n) is 21.0. The third-order valence-corrected chi connectivity index (χ3v) is 8.25. The van der Waals surface area contributed by atoms with E-state index in [9.17, 15) is 35.9 Å². The molecule has 1 aliphatic heterocycles. The van der Waals surface area contributed by atoms with Crippen molar-refractivity contribution in [2.75, 3.05) is 29.5 Å². The summed E-state index contributed by atoms with van der Waals surface area (Å²) in [5.41, 5.74) is -0.700. The van der Waals surface area contributed by atoms with Crippen LogP contribution in [0.25, 0.3) is 17.1 Å². The number of para-hydroxylation sites is 1. The van der Waals surface area contributed by atoms with Crippen LogP contribution in [0.1, 0.15) is 5.82 Å². The first kappa shape index (κ1) is 28.8. The van der Waals surface area contributed by atoms with Gasteiger partial charge in [-0.25, -0.2) is 22.3 Å². The highest BCUT2D eigenvalue weighted by atomic mass is 35.5. The van der Waals surface area contributed by atoms with Gasteiger partial charge in [-0.1, -0.05) is 23.7 Å². The number of hydrogen-bond acceptors (Lipinski definition) is 8. The van der Waals surface area contributed by atoms with Gasteiger partial charge < -0.3 is 10.0 Å². The van der Waals surface area contributed by atoms with E-state index in [-0.39, 0.29) is 53.4 Å². The number of rotatable bonds is 7. The number of alkyl halides is 3. The highest BCUT2D eigenvalue weighted by Gasteiger charge is 2.39. The molecule has 2 aromatic carbocycles. The van der Waals surface area contributed by atoms with Crippen molar-refractivity contribution < 1.29 is 31.1 Å². The molecule has 1 N–H and O–H groups in total. The second-order valence-corrected chi connectivity index (χ2v) is 12.0. The Balaban J connectivity index is 1.56. The summed E-state index contributed by atoms with van der Waals surface area (Å²) in [6, 6.07) is 11.5. The molecule has 41 heavy (non-hydrogen) atoms. The molecule has 4 aromatic rings. The molecule has 0 saturated carbocycles. The van der Waals surface area contributed by atoms with Crippen molar-refractivity contribution in [1.29, 1.82) is 0 Å². The lowest BCUT2D eigenvalue weighted by Crippen LogP contribution is -2.41. The molecule has 0 amide bonds. The van der Waals surface area contributed by atoms with Gasteiger partial charge in [-0.2, -0.15) is 22.8 Å². The van der Waals surface area contributed by atoms with Crippen LogP contribution in [-0.2, 0) is 22.9 Å². The predicted octanol–water partition coefficient (Wildman–Crippen LogP) is 2.29. The van der Waals surface area contributed by atoms with Crippen molar-refractivity contribution >= 4 is 27.4 Å². The van der Waals surface area contributed by atoms with Crippen molar-refractivity contribution in [2.45, 2.75) is 25.4 Å². The molecule has 1 atom stereocenters. The van der Waals surface area contributed by atoms with Crippen LogP contribution in [0.2, 0.25) is 5.02 Å². The second kappa shape index (κ2) is 10.9. The molecule has 0 spiro atoms. The number of nitrogens with zero attached hydrogens (tertiary/aromatic N) is 7. The Bertz CT molecular complexity index is 1720. The molecule has 1 aliphatic rings. The molecule has 1 unspecified atom stereocenters. The van der Waals surface area contributed by atoms with Crippen LogP contribution in [0.4, 0.5) is 23.5 Å². The van der Waals surface area contributed by atoms with E-state index in [1.165, 1.54) is 47.1 Å². The van der Waals surface area contributed by atoms with Crippen LogP contribution in [0.3, 0.4) is 0 Å².